The highest BCUT2D eigenvalue weighted by Gasteiger charge is 2.29. The Labute approximate surface area is 472 Å². The van der Waals surface area contributed by atoms with Crippen LogP contribution in [0.3, 0.4) is 0 Å². The summed E-state index contributed by atoms with van der Waals surface area (Å²) in [7, 11) is 0. The molecule has 1 saturated heterocycles. The average molecular weight is 1130 g/mol. The zero-order valence-corrected chi connectivity index (χ0v) is 46.1. The third kappa shape index (κ3) is 25.9. The van der Waals surface area contributed by atoms with E-state index in [0.29, 0.717) is 69.4 Å². The number of aliphatic carboxylic acids is 3. The summed E-state index contributed by atoms with van der Waals surface area (Å²) in [6.07, 6.45) is 2.72. The van der Waals surface area contributed by atoms with Crippen molar-refractivity contribution in [2.24, 2.45) is 16.5 Å². The number of urea groups is 1. The first kappa shape index (κ1) is 65.8. The van der Waals surface area contributed by atoms with Crippen molar-refractivity contribution in [1.82, 2.24) is 51.5 Å². The summed E-state index contributed by atoms with van der Waals surface area (Å²) < 4.78 is 0. The Kier molecular flexibility index (Phi) is 29.6. The Morgan fingerprint density at radius 2 is 1.19 bits per heavy atom. The van der Waals surface area contributed by atoms with Gasteiger partial charge in [0.25, 0.3) is 0 Å². The zero-order valence-electron chi connectivity index (χ0n) is 46.1. The monoisotopic (exact) mass is 1130 g/mol. The number of guanidine groups is 1. The van der Waals surface area contributed by atoms with Gasteiger partial charge in [-0.15, -0.1) is 0 Å². The fourth-order valence-corrected chi connectivity index (χ4v) is 8.92. The molecule has 3 aromatic carbocycles. The quantitative estimate of drug-likeness (QED) is 0.0166. The number of rotatable bonds is 32. The number of aldehydes is 1. The predicted octanol–water partition coefficient (Wildman–Crippen LogP) is -0.255. The molecule has 0 aromatic heterocycles. The molecule has 5 amide bonds. The largest absolute Gasteiger partial charge is 0.508 e. The number of nitrogens with zero attached hydrogens (tertiary/aromatic N) is 5. The van der Waals surface area contributed by atoms with E-state index in [1.807, 2.05) is 59.5 Å². The molecule has 0 saturated carbocycles. The SMILES string of the molecule is CCNC(=O)/N=C(/N)NCCC[C@@H](NC(=O)[C@H](c1ccccc1)c1ccc(NCCCNC(=O)[C@H](N)CCCCNC(C=O)N2CCN(CC(=O)O)CCN(CC(=O)O)CCN(CC(=O)O)CC2)cc1)C(=O)NCc1ccc(O)cc1. The van der Waals surface area contributed by atoms with E-state index in [4.69, 9.17) is 11.5 Å². The van der Waals surface area contributed by atoms with E-state index < -0.39 is 59.9 Å². The maximum atomic E-state index is 14.3. The van der Waals surface area contributed by atoms with Crippen molar-refractivity contribution < 1.29 is 58.8 Å². The molecule has 1 unspecified atom stereocenters. The highest BCUT2D eigenvalue weighted by molar-refractivity contribution is 5.93. The number of aromatic hydroxyl groups is 1. The number of hydrogen-bond acceptors (Lipinski definition) is 16. The number of carboxylic acids is 3. The number of aliphatic imine (C=N–C) groups is 1. The van der Waals surface area contributed by atoms with Gasteiger partial charge in [0.1, 0.15) is 18.0 Å². The lowest BCUT2D eigenvalue weighted by Crippen LogP contribution is -2.54. The minimum atomic E-state index is -1.05. The summed E-state index contributed by atoms with van der Waals surface area (Å²) >= 11 is 0. The number of hydrogen-bond donors (Lipinski definition) is 13. The highest BCUT2D eigenvalue weighted by atomic mass is 16.4. The molecule has 1 heterocycles. The molecule has 0 bridgehead atoms. The standard InChI is InChI=1S/C55H82N14O12/c1-2-58-55(81)65-54(57)62-23-8-13-45(52(79)63-34-39-14-20-43(71)21-15-39)64-53(80)50(40-10-4-3-5-11-40)41-16-18-42(19-17-41)59-24-9-25-61-51(78)44(56)12-6-7-22-60-46(38-70)69-32-30-67(36-48(74)75)28-26-66(35-47(72)73)27-29-68(31-33-69)37-49(76)77/h3-5,10-11,14-21,38,44-46,50,59-60,71H,2,6-9,12-13,22-37,56H2,1H3,(H,61,78)(H,63,79)(H,64,80)(H,72,73)(H,74,75)(H,76,77)(H4,57,58,62,65,81)/t44-,45-,46?,50-/m1/s1. The van der Waals surface area contributed by atoms with Crippen LogP contribution in [0.4, 0.5) is 10.5 Å². The van der Waals surface area contributed by atoms with Gasteiger partial charge in [0.05, 0.1) is 31.6 Å². The molecular formula is C55H82N14O12. The topological polar surface area (TPSA) is 379 Å². The maximum absolute atomic E-state index is 14.3. The van der Waals surface area contributed by atoms with Crippen LogP contribution in [0.2, 0.25) is 0 Å². The van der Waals surface area contributed by atoms with Crippen molar-refractivity contribution in [2.45, 2.75) is 76.2 Å². The van der Waals surface area contributed by atoms with E-state index in [2.05, 4.69) is 42.2 Å². The van der Waals surface area contributed by atoms with Crippen molar-refractivity contribution in [3.05, 3.63) is 95.6 Å². The normalized spacial score (nSPS) is 15.8. The van der Waals surface area contributed by atoms with Crippen LogP contribution in [0.1, 0.15) is 68.1 Å². The summed E-state index contributed by atoms with van der Waals surface area (Å²) in [6.45, 7) is 5.12. The lowest BCUT2D eigenvalue weighted by atomic mass is 9.90. The maximum Gasteiger partial charge on any atom is 0.344 e. The second-order valence-corrected chi connectivity index (χ2v) is 19.6. The third-order valence-electron chi connectivity index (χ3n) is 13.3. The number of phenols is 1. The van der Waals surface area contributed by atoms with E-state index >= 15 is 0 Å². The lowest BCUT2D eigenvalue weighted by Gasteiger charge is -2.35. The molecule has 4 atom stereocenters. The van der Waals surface area contributed by atoms with E-state index in [1.54, 1.807) is 33.8 Å². The number of benzene rings is 3. The first-order valence-electron chi connectivity index (χ1n) is 27.3. The van der Waals surface area contributed by atoms with Gasteiger partial charge in [-0.1, -0.05) is 61.0 Å². The number of unbranched alkanes of at least 4 members (excludes halogenated alkanes) is 1. The van der Waals surface area contributed by atoms with Gasteiger partial charge in [0, 0.05) is 90.8 Å². The van der Waals surface area contributed by atoms with Gasteiger partial charge < -0.3 is 68.6 Å². The van der Waals surface area contributed by atoms with Crippen molar-refractivity contribution >= 4 is 59.6 Å². The molecule has 1 fully saturated rings. The molecular weight excluding hydrogens is 1050 g/mol. The molecule has 3 aromatic rings. The second kappa shape index (κ2) is 36.5. The van der Waals surface area contributed by atoms with Crippen molar-refractivity contribution in [3.63, 3.8) is 0 Å². The minimum absolute atomic E-state index is 0.0832. The number of carbonyl (C=O) groups excluding carboxylic acids is 5. The molecule has 1 aliphatic heterocycles. The van der Waals surface area contributed by atoms with Gasteiger partial charge in [-0.05, 0) is 86.5 Å². The number of anilines is 1. The molecule has 444 valence electrons. The predicted molar refractivity (Wildman–Crippen MR) is 304 cm³/mol. The van der Waals surface area contributed by atoms with Crippen LogP contribution in [-0.2, 0) is 40.1 Å². The van der Waals surface area contributed by atoms with Crippen molar-refractivity contribution in [3.8, 4) is 5.75 Å². The average Bonchev–Trinajstić information content (AvgIpc) is 3.42. The Balaban J connectivity index is 1.25. The van der Waals surface area contributed by atoms with Crippen LogP contribution in [0, 0.1) is 0 Å². The summed E-state index contributed by atoms with van der Waals surface area (Å²) in [5, 5.41) is 58.9. The van der Waals surface area contributed by atoms with Gasteiger partial charge in [0.15, 0.2) is 12.2 Å². The molecule has 15 N–H and O–H groups in total. The molecule has 4 rings (SSSR count). The Hall–Kier alpha value is -7.75. The first-order chi connectivity index (χ1) is 38.9. The number of nitrogens with two attached hydrogens (primary N) is 2. The minimum Gasteiger partial charge on any atom is -0.508 e. The van der Waals surface area contributed by atoms with Crippen LogP contribution in [0.5, 0.6) is 5.75 Å². The number of nitrogens with one attached hydrogen (secondary N) is 7. The number of phenolic OH excluding ortho intramolecular Hbond substituents is 1. The van der Waals surface area contributed by atoms with Gasteiger partial charge in [0.2, 0.25) is 17.7 Å². The van der Waals surface area contributed by atoms with Crippen molar-refractivity contribution in [1.29, 1.82) is 0 Å². The van der Waals surface area contributed by atoms with E-state index in [1.165, 1.54) is 12.1 Å². The van der Waals surface area contributed by atoms with Gasteiger partial charge in [-0.3, -0.25) is 53.7 Å². The van der Waals surface area contributed by atoms with Crippen LogP contribution < -0.4 is 48.7 Å². The smallest absolute Gasteiger partial charge is 0.344 e. The Morgan fingerprint density at radius 1 is 0.617 bits per heavy atom. The molecule has 81 heavy (non-hydrogen) atoms. The van der Waals surface area contributed by atoms with Crippen LogP contribution in [0.15, 0.2) is 83.9 Å². The zero-order chi connectivity index (χ0) is 58.9. The van der Waals surface area contributed by atoms with E-state index in [-0.39, 0.29) is 109 Å². The Morgan fingerprint density at radius 3 is 1.75 bits per heavy atom. The number of amides is 5. The molecule has 0 spiro atoms. The van der Waals surface area contributed by atoms with Crippen molar-refractivity contribution in [2.75, 3.05) is 110 Å². The number of carboxylic acid groups (broad SMARTS) is 3. The van der Waals surface area contributed by atoms with Gasteiger partial charge in [-0.2, -0.15) is 4.99 Å². The molecule has 0 aliphatic carbocycles. The fourth-order valence-electron chi connectivity index (χ4n) is 8.92. The van der Waals surface area contributed by atoms with Gasteiger partial charge >= 0.3 is 23.9 Å². The third-order valence-corrected chi connectivity index (χ3v) is 13.3. The van der Waals surface area contributed by atoms with Crippen LogP contribution in [-0.4, -0.2) is 217 Å². The summed E-state index contributed by atoms with van der Waals surface area (Å²) in [5.74, 6) is -5.03. The lowest BCUT2D eigenvalue weighted by molar-refractivity contribution is -0.140. The first-order valence-corrected chi connectivity index (χ1v) is 27.3. The molecule has 26 nitrogen and oxygen atoms in total. The fraction of sp³-hybridized carbons (Fsp3) is 0.509. The second-order valence-electron chi connectivity index (χ2n) is 19.6. The molecule has 26 heteroatoms. The molecule has 1 aliphatic rings. The van der Waals surface area contributed by atoms with E-state index in [9.17, 15) is 58.8 Å². The Bertz CT molecular complexity index is 2440. The van der Waals surface area contributed by atoms with Gasteiger partial charge in [-0.25, -0.2) is 4.79 Å². The summed E-state index contributed by atoms with van der Waals surface area (Å²) in [4.78, 5) is 111. The highest BCUT2D eigenvalue weighted by Crippen LogP contribution is 2.27. The summed E-state index contributed by atoms with van der Waals surface area (Å²) in [5.41, 5.74) is 15.0. The molecule has 0 radical (unpaired) electrons. The van der Waals surface area contributed by atoms with Crippen LogP contribution in [0.25, 0.3) is 0 Å². The number of carbonyl (C=O) groups is 8. The summed E-state index contributed by atoms with van der Waals surface area (Å²) in [6, 6.07) is 20.7. The van der Waals surface area contributed by atoms with E-state index in [0.717, 1.165) is 17.5 Å². The van der Waals surface area contributed by atoms with Crippen LogP contribution >= 0.6 is 0 Å².